The van der Waals surface area contributed by atoms with Crippen molar-refractivity contribution in [3.05, 3.63) is 59.8 Å². The molecule has 6 rings (SSSR count). The van der Waals surface area contributed by atoms with Gasteiger partial charge in [0.25, 0.3) is 0 Å². The molecule has 35 heavy (non-hydrogen) atoms. The highest BCUT2D eigenvalue weighted by atomic mass is 19.1. The fraction of sp³-hybridized carbons (Fsp3) is 0.423. The van der Waals surface area contributed by atoms with Gasteiger partial charge in [0, 0.05) is 30.4 Å². The lowest BCUT2D eigenvalue weighted by atomic mass is 9.80. The molecule has 7 nitrogen and oxygen atoms in total. The van der Waals surface area contributed by atoms with Crippen LogP contribution >= 0.6 is 0 Å². The third-order valence-corrected chi connectivity index (χ3v) is 7.21. The summed E-state index contributed by atoms with van der Waals surface area (Å²) in [6, 6.07) is 7.19. The molecule has 2 fully saturated rings. The number of ether oxygens (including phenoxy) is 1. The zero-order chi connectivity index (χ0) is 24.2. The van der Waals surface area contributed by atoms with Gasteiger partial charge in [-0.2, -0.15) is 0 Å². The topological polar surface area (TPSA) is 66.4 Å². The van der Waals surface area contributed by atoms with Gasteiger partial charge >= 0.3 is 0 Å². The summed E-state index contributed by atoms with van der Waals surface area (Å²) in [4.78, 5) is 17.5. The van der Waals surface area contributed by atoms with Gasteiger partial charge < -0.3 is 19.9 Å². The molecule has 0 aliphatic carbocycles. The zero-order valence-corrected chi connectivity index (χ0v) is 19.9. The lowest BCUT2D eigenvalue weighted by Gasteiger charge is -2.57. The minimum Gasteiger partial charge on any atom is -0.486 e. The Balaban J connectivity index is 1.23. The van der Waals surface area contributed by atoms with Crippen molar-refractivity contribution < 1.29 is 13.5 Å². The monoisotopic (exact) mass is 478 g/mol. The van der Waals surface area contributed by atoms with E-state index in [2.05, 4.69) is 36.1 Å². The highest BCUT2D eigenvalue weighted by molar-refractivity contribution is 5.72. The molecule has 0 radical (unpaired) electrons. The highest BCUT2D eigenvalue weighted by Crippen LogP contribution is 2.39. The summed E-state index contributed by atoms with van der Waals surface area (Å²) < 4.78 is 35.2. The molecule has 5 heterocycles. The van der Waals surface area contributed by atoms with Crippen molar-refractivity contribution in [1.82, 2.24) is 20.3 Å². The van der Waals surface area contributed by atoms with Gasteiger partial charge in [-0.3, -0.25) is 4.98 Å². The Kier molecular flexibility index (Phi) is 5.32. The average Bonchev–Trinajstić information content (AvgIpc) is 2.79. The number of halogens is 2. The quantitative estimate of drug-likeness (QED) is 0.602. The molecule has 1 aromatic carbocycles. The second-order valence-corrected chi connectivity index (χ2v) is 9.92. The molecule has 1 N–H and O–H groups in total. The minimum absolute atomic E-state index is 0.0708. The van der Waals surface area contributed by atoms with Crippen molar-refractivity contribution >= 4 is 11.4 Å². The SMILES string of the molecule is CC(C)N1CCOc2c(F)cc(-c3nc(Cc4ccc(N5CC6(CCN6)C5)cn4)ncc3F)cc21. The summed E-state index contributed by atoms with van der Waals surface area (Å²) in [5.41, 5.74) is 3.24. The van der Waals surface area contributed by atoms with Gasteiger partial charge in [0.15, 0.2) is 17.4 Å². The largest absolute Gasteiger partial charge is 0.486 e. The Morgan fingerprint density at radius 1 is 1.11 bits per heavy atom. The third-order valence-electron chi connectivity index (χ3n) is 7.21. The Morgan fingerprint density at radius 3 is 2.63 bits per heavy atom. The van der Waals surface area contributed by atoms with Crippen LogP contribution in [0.5, 0.6) is 5.75 Å². The summed E-state index contributed by atoms with van der Waals surface area (Å²) >= 11 is 0. The fourth-order valence-corrected chi connectivity index (χ4v) is 5.15. The second-order valence-electron chi connectivity index (χ2n) is 9.92. The number of aromatic nitrogens is 3. The number of nitrogens with zero attached hydrogens (tertiary/aromatic N) is 5. The van der Waals surface area contributed by atoms with Crippen molar-refractivity contribution in [2.45, 2.75) is 38.3 Å². The number of fused-ring (bicyclic) bond motifs is 1. The predicted molar refractivity (Wildman–Crippen MR) is 130 cm³/mol. The third kappa shape index (κ3) is 3.97. The smallest absolute Gasteiger partial charge is 0.178 e. The molecule has 9 heteroatoms. The van der Waals surface area contributed by atoms with E-state index in [-0.39, 0.29) is 17.5 Å². The van der Waals surface area contributed by atoms with E-state index in [0.29, 0.717) is 42.2 Å². The first-order valence-corrected chi connectivity index (χ1v) is 12.1. The van der Waals surface area contributed by atoms with Crippen LogP contribution in [0.3, 0.4) is 0 Å². The number of hydrogen-bond donors (Lipinski definition) is 1. The van der Waals surface area contributed by atoms with E-state index in [1.165, 1.54) is 12.5 Å². The molecule has 2 aromatic heterocycles. The number of pyridine rings is 1. The Bertz CT molecular complexity index is 1250. The number of hydrogen-bond acceptors (Lipinski definition) is 7. The maximum absolute atomic E-state index is 14.9. The second kappa shape index (κ2) is 8.41. The maximum atomic E-state index is 14.9. The average molecular weight is 479 g/mol. The number of anilines is 2. The van der Waals surface area contributed by atoms with Gasteiger partial charge in [0.2, 0.25) is 0 Å². The van der Waals surface area contributed by atoms with Crippen LogP contribution in [0.4, 0.5) is 20.2 Å². The van der Waals surface area contributed by atoms with Crippen LogP contribution < -0.4 is 19.9 Å². The van der Waals surface area contributed by atoms with Gasteiger partial charge in [0.05, 0.1) is 42.3 Å². The summed E-state index contributed by atoms with van der Waals surface area (Å²) in [6.45, 7) is 8.24. The lowest BCUT2D eigenvalue weighted by molar-refractivity contribution is 0.159. The van der Waals surface area contributed by atoms with Crippen LogP contribution in [0.2, 0.25) is 0 Å². The molecule has 0 unspecified atom stereocenters. The van der Waals surface area contributed by atoms with Crippen LogP contribution in [-0.4, -0.2) is 59.3 Å². The van der Waals surface area contributed by atoms with Gasteiger partial charge in [-0.15, -0.1) is 0 Å². The normalized spacial score (nSPS) is 18.2. The van der Waals surface area contributed by atoms with Crippen LogP contribution in [0.15, 0.2) is 36.7 Å². The number of benzene rings is 1. The number of rotatable bonds is 5. The first-order valence-electron chi connectivity index (χ1n) is 12.1. The minimum atomic E-state index is -0.597. The standard InChI is InChI=1S/C26H28F2N6O/c1-16(2)34-7-8-35-25-20(27)9-17(10-22(25)34)24-21(28)13-30-23(32-24)11-18-3-4-19(12-29-18)33-14-26(15-33)5-6-31-26/h3-4,9-10,12-13,16,31H,5-8,11,14-15H2,1-2H3. The molecule has 1 spiro atoms. The van der Waals surface area contributed by atoms with E-state index in [9.17, 15) is 8.78 Å². The van der Waals surface area contributed by atoms with Gasteiger partial charge in [-0.05, 0) is 51.1 Å². The molecule has 0 saturated carbocycles. The van der Waals surface area contributed by atoms with Crippen molar-refractivity contribution in [2.24, 2.45) is 0 Å². The Morgan fingerprint density at radius 2 is 1.94 bits per heavy atom. The summed E-state index contributed by atoms with van der Waals surface area (Å²) in [7, 11) is 0. The van der Waals surface area contributed by atoms with Crippen LogP contribution in [0, 0.1) is 11.6 Å². The maximum Gasteiger partial charge on any atom is 0.178 e. The molecular formula is C26H28F2N6O. The van der Waals surface area contributed by atoms with E-state index >= 15 is 0 Å². The van der Waals surface area contributed by atoms with Crippen molar-refractivity contribution in [1.29, 1.82) is 0 Å². The molecule has 182 valence electrons. The summed E-state index contributed by atoms with van der Waals surface area (Å²) in [5.74, 6) is -0.489. The van der Waals surface area contributed by atoms with E-state index in [4.69, 9.17) is 4.74 Å². The Labute approximate surface area is 203 Å². The van der Waals surface area contributed by atoms with E-state index in [0.717, 1.165) is 37.2 Å². The lowest BCUT2D eigenvalue weighted by Crippen LogP contribution is -2.75. The predicted octanol–water partition coefficient (Wildman–Crippen LogP) is 3.57. The molecule has 3 aliphatic heterocycles. The molecule has 0 bridgehead atoms. The van der Waals surface area contributed by atoms with Gasteiger partial charge in [0.1, 0.15) is 18.1 Å². The van der Waals surface area contributed by atoms with Gasteiger partial charge in [-0.25, -0.2) is 18.7 Å². The molecular weight excluding hydrogens is 450 g/mol. The molecule has 0 amide bonds. The van der Waals surface area contributed by atoms with Crippen LogP contribution in [0.25, 0.3) is 11.3 Å². The molecule has 3 aromatic rings. The van der Waals surface area contributed by atoms with E-state index in [1.54, 1.807) is 6.07 Å². The zero-order valence-electron chi connectivity index (χ0n) is 19.9. The highest BCUT2D eigenvalue weighted by Gasteiger charge is 2.47. The van der Waals surface area contributed by atoms with Crippen molar-refractivity contribution in [3.63, 3.8) is 0 Å². The van der Waals surface area contributed by atoms with Crippen molar-refractivity contribution in [3.8, 4) is 17.0 Å². The summed E-state index contributed by atoms with van der Waals surface area (Å²) in [6.07, 6.45) is 4.60. The van der Waals surface area contributed by atoms with E-state index < -0.39 is 11.6 Å². The van der Waals surface area contributed by atoms with Crippen molar-refractivity contribution in [2.75, 3.05) is 42.6 Å². The molecule has 3 aliphatic rings. The summed E-state index contributed by atoms with van der Waals surface area (Å²) in [5, 5.41) is 3.51. The van der Waals surface area contributed by atoms with E-state index in [1.807, 2.05) is 26.1 Å². The van der Waals surface area contributed by atoms with Crippen LogP contribution in [-0.2, 0) is 6.42 Å². The first kappa shape index (κ1) is 22.2. The molecule has 0 atom stereocenters. The Hall–Kier alpha value is -3.33. The first-order chi connectivity index (χ1) is 16.9. The fourth-order valence-electron chi connectivity index (χ4n) is 5.15. The van der Waals surface area contributed by atoms with Crippen LogP contribution in [0.1, 0.15) is 31.8 Å². The van der Waals surface area contributed by atoms with Gasteiger partial charge in [-0.1, -0.05) is 0 Å². The molecule has 2 saturated heterocycles. The number of nitrogens with one attached hydrogen (secondary N) is 1.